The van der Waals surface area contributed by atoms with Crippen LogP contribution in [-0.4, -0.2) is 47.0 Å². The molecular weight excluding hydrogens is 378 g/mol. The molecule has 0 saturated carbocycles. The Morgan fingerprint density at radius 2 is 2.15 bits per heavy atom. The van der Waals surface area contributed by atoms with Crippen molar-refractivity contribution in [3.63, 3.8) is 0 Å². The monoisotopic (exact) mass is 399 g/mol. The van der Waals surface area contributed by atoms with E-state index in [0.717, 1.165) is 42.3 Å². The predicted molar refractivity (Wildman–Crippen MR) is 111 cm³/mol. The van der Waals surface area contributed by atoms with E-state index in [4.69, 9.17) is 4.74 Å². The summed E-state index contributed by atoms with van der Waals surface area (Å²) >= 11 is 3.74. The number of thiophene rings is 1. The molecule has 1 aromatic carbocycles. The van der Waals surface area contributed by atoms with Gasteiger partial charge in [0.25, 0.3) is 5.91 Å². The maximum Gasteiger partial charge on any atom is 0.271 e. The first-order valence-corrected chi connectivity index (χ1v) is 10.8. The van der Waals surface area contributed by atoms with E-state index < -0.39 is 0 Å². The van der Waals surface area contributed by atoms with Crippen LogP contribution in [0.1, 0.15) is 27.0 Å². The van der Waals surface area contributed by atoms with E-state index in [2.05, 4.69) is 27.7 Å². The lowest BCUT2D eigenvalue weighted by Gasteiger charge is -2.19. The van der Waals surface area contributed by atoms with Crippen molar-refractivity contribution in [1.29, 1.82) is 0 Å². The number of carbonyl (C=O) groups is 1. The van der Waals surface area contributed by atoms with Gasteiger partial charge < -0.3 is 9.64 Å². The van der Waals surface area contributed by atoms with Gasteiger partial charge in [0, 0.05) is 34.5 Å². The van der Waals surface area contributed by atoms with Crippen LogP contribution in [0, 0.1) is 0 Å². The molecule has 0 radical (unpaired) electrons. The van der Waals surface area contributed by atoms with Crippen LogP contribution in [0.25, 0.3) is 11.3 Å². The largest absolute Gasteiger partial charge is 0.496 e. The van der Waals surface area contributed by atoms with Crippen molar-refractivity contribution in [1.82, 2.24) is 15.1 Å². The third kappa shape index (κ3) is 3.89. The minimum absolute atomic E-state index is 0.0103. The van der Waals surface area contributed by atoms with Crippen molar-refractivity contribution >= 4 is 29.0 Å². The van der Waals surface area contributed by atoms with Gasteiger partial charge in [0.05, 0.1) is 12.8 Å². The molecule has 27 heavy (non-hydrogen) atoms. The van der Waals surface area contributed by atoms with E-state index in [1.54, 1.807) is 18.4 Å². The van der Waals surface area contributed by atoms with Gasteiger partial charge in [-0.15, -0.1) is 11.3 Å². The highest BCUT2D eigenvalue weighted by Gasteiger charge is 2.24. The van der Waals surface area contributed by atoms with Gasteiger partial charge in [-0.25, -0.2) is 0 Å². The maximum atomic E-state index is 13.0. The molecule has 1 saturated heterocycles. The van der Waals surface area contributed by atoms with Crippen LogP contribution in [0.2, 0.25) is 0 Å². The molecule has 140 valence electrons. The third-order valence-corrected chi connectivity index (χ3v) is 7.13. The first-order valence-electron chi connectivity index (χ1n) is 8.89. The third-order valence-electron chi connectivity index (χ3n) is 4.68. The minimum Gasteiger partial charge on any atom is -0.496 e. The van der Waals surface area contributed by atoms with Crippen molar-refractivity contribution < 1.29 is 9.53 Å². The Labute approximate surface area is 166 Å². The number of nitrogens with zero attached hydrogens (tertiary/aromatic N) is 2. The zero-order valence-corrected chi connectivity index (χ0v) is 16.7. The van der Waals surface area contributed by atoms with Crippen molar-refractivity contribution in [2.45, 2.75) is 11.7 Å². The summed E-state index contributed by atoms with van der Waals surface area (Å²) in [6.07, 6.45) is 0.977. The minimum atomic E-state index is 0.0103. The normalized spacial score (nSPS) is 17.5. The molecule has 0 bridgehead atoms. The van der Waals surface area contributed by atoms with Crippen molar-refractivity contribution in [2.75, 3.05) is 26.0 Å². The lowest BCUT2D eigenvalue weighted by atomic mass is 10.1. The van der Waals surface area contributed by atoms with Gasteiger partial charge in [0.1, 0.15) is 11.4 Å². The van der Waals surface area contributed by atoms with Gasteiger partial charge in [-0.05, 0) is 36.1 Å². The maximum absolute atomic E-state index is 13.0. The second kappa shape index (κ2) is 8.19. The number of aromatic amines is 1. The number of H-pyrrole nitrogens is 1. The summed E-state index contributed by atoms with van der Waals surface area (Å²) in [6.45, 7) is 1.52. The van der Waals surface area contributed by atoms with E-state index in [-0.39, 0.29) is 5.91 Å². The van der Waals surface area contributed by atoms with Gasteiger partial charge in [-0.3, -0.25) is 9.89 Å². The highest BCUT2D eigenvalue weighted by atomic mass is 32.2. The number of aromatic nitrogens is 2. The Hall–Kier alpha value is -2.25. The fraction of sp³-hybridized carbons (Fsp3) is 0.300. The SMILES string of the molecule is COc1ccccc1-c1cc(C(=O)N2CCSC(c3cccs3)CC2)[nH]n1. The summed E-state index contributed by atoms with van der Waals surface area (Å²) in [6, 6.07) is 13.8. The molecule has 5 nitrogen and oxygen atoms in total. The smallest absolute Gasteiger partial charge is 0.271 e. The van der Waals surface area contributed by atoms with E-state index in [1.165, 1.54) is 4.88 Å². The Kier molecular flexibility index (Phi) is 5.50. The van der Waals surface area contributed by atoms with Crippen molar-refractivity contribution in [2.24, 2.45) is 0 Å². The van der Waals surface area contributed by atoms with Crippen molar-refractivity contribution in [3.05, 3.63) is 58.4 Å². The summed E-state index contributed by atoms with van der Waals surface area (Å²) in [4.78, 5) is 16.3. The molecule has 1 N–H and O–H groups in total. The molecule has 1 aliphatic heterocycles. The molecule has 4 rings (SSSR count). The van der Waals surface area contributed by atoms with E-state index in [9.17, 15) is 4.79 Å². The summed E-state index contributed by atoms with van der Waals surface area (Å²) in [5, 5.41) is 9.84. The second-order valence-electron chi connectivity index (χ2n) is 6.32. The zero-order valence-electron chi connectivity index (χ0n) is 15.1. The number of carbonyl (C=O) groups excluding carboxylic acids is 1. The van der Waals surface area contributed by atoms with E-state index in [1.807, 2.05) is 47.0 Å². The highest BCUT2D eigenvalue weighted by Crippen LogP contribution is 2.37. The van der Waals surface area contributed by atoms with Gasteiger partial charge in [0.15, 0.2) is 0 Å². The molecule has 7 heteroatoms. The number of para-hydroxylation sites is 1. The van der Waals surface area contributed by atoms with Gasteiger partial charge in [0.2, 0.25) is 0 Å². The van der Waals surface area contributed by atoms with Crippen LogP contribution in [-0.2, 0) is 0 Å². The predicted octanol–water partition coefficient (Wildman–Crippen LogP) is 4.47. The molecule has 1 amide bonds. The number of benzene rings is 1. The van der Waals surface area contributed by atoms with Crippen LogP contribution in [0.5, 0.6) is 5.75 Å². The zero-order chi connectivity index (χ0) is 18.6. The molecule has 2 aromatic heterocycles. The Balaban J connectivity index is 1.48. The molecule has 3 heterocycles. The number of thioether (sulfide) groups is 1. The van der Waals surface area contributed by atoms with Crippen LogP contribution >= 0.6 is 23.1 Å². The standard InChI is InChI=1S/C20H21N3O2S2/c1-25-17-6-3-2-5-14(17)15-13-16(22-21-15)20(24)23-9-8-19(27-12-10-23)18-7-4-11-26-18/h2-7,11,13,19H,8-10,12H2,1H3,(H,21,22). The number of hydrogen-bond donors (Lipinski definition) is 1. The molecule has 1 atom stereocenters. The van der Waals surface area contributed by atoms with Gasteiger partial charge in [-0.2, -0.15) is 16.9 Å². The summed E-state index contributed by atoms with van der Waals surface area (Å²) in [5.41, 5.74) is 2.12. The van der Waals surface area contributed by atoms with Crippen LogP contribution < -0.4 is 4.74 Å². The number of nitrogens with one attached hydrogen (secondary N) is 1. The number of rotatable bonds is 4. The average Bonchev–Trinajstić information content (AvgIpc) is 3.36. The average molecular weight is 400 g/mol. The van der Waals surface area contributed by atoms with Crippen LogP contribution in [0.15, 0.2) is 47.8 Å². The fourth-order valence-electron chi connectivity index (χ4n) is 3.27. The summed E-state index contributed by atoms with van der Waals surface area (Å²) in [5.74, 6) is 1.70. The lowest BCUT2D eigenvalue weighted by molar-refractivity contribution is 0.0760. The molecule has 0 aliphatic carbocycles. The Bertz CT molecular complexity index is 908. The quantitative estimate of drug-likeness (QED) is 0.703. The number of amides is 1. The summed E-state index contributed by atoms with van der Waals surface area (Å²) in [7, 11) is 1.64. The number of ether oxygens (including phenoxy) is 1. The number of hydrogen-bond acceptors (Lipinski definition) is 5. The van der Waals surface area contributed by atoms with Gasteiger partial charge >= 0.3 is 0 Å². The fourth-order valence-corrected chi connectivity index (χ4v) is 5.51. The van der Waals surface area contributed by atoms with Gasteiger partial charge in [-0.1, -0.05) is 18.2 Å². The number of methoxy groups -OCH3 is 1. The summed E-state index contributed by atoms with van der Waals surface area (Å²) < 4.78 is 5.40. The molecule has 1 unspecified atom stereocenters. The van der Waals surface area contributed by atoms with Crippen LogP contribution in [0.4, 0.5) is 0 Å². The highest BCUT2D eigenvalue weighted by molar-refractivity contribution is 7.99. The molecule has 1 aliphatic rings. The Morgan fingerprint density at radius 1 is 1.26 bits per heavy atom. The lowest BCUT2D eigenvalue weighted by Crippen LogP contribution is -2.33. The molecular formula is C20H21N3O2S2. The second-order valence-corrected chi connectivity index (χ2v) is 8.61. The van der Waals surface area contributed by atoms with E-state index >= 15 is 0 Å². The first kappa shape index (κ1) is 18.1. The molecule has 3 aromatic rings. The van der Waals surface area contributed by atoms with E-state index in [0.29, 0.717) is 10.9 Å². The molecule has 0 spiro atoms. The van der Waals surface area contributed by atoms with Crippen LogP contribution in [0.3, 0.4) is 0 Å². The Morgan fingerprint density at radius 3 is 2.96 bits per heavy atom. The molecule has 1 fully saturated rings. The first-order chi connectivity index (χ1) is 13.3. The topological polar surface area (TPSA) is 58.2 Å². The van der Waals surface area contributed by atoms with Crippen molar-refractivity contribution in [3.8, 4) is 17.0 Å².